The van der Waals surface area contributed by atoms with Crippen LogP contribution in [0.2, 0.25) is 0 Å². The maximum Gasteiger partial charge on any atom is 0.330 e. The summed E-state index contributed by atoms with van der Waals surface area (Å²) < 4.78 is 30.3. The standard InChI is InChI=1S/C27H28Cl2O8/c1-32-21-9-5-17(13-23(21)34-3)7-11-25(30)36-15-19-20(27(19,28)29)16-37-26(31)12-8-18-6-10-22(33-2)24(14-18)35-4/h5-14,19-20H,15-16H2,1-4H3. The van der Waals surface area contributed by atoms with Crippen LogP contribution in [0.5, 0.6) is 23.0 Å². The molecule has 3 rings (SSSR count). The van der Waals surface area contributed by atoms with Crippen LogP contribution in [0.25, 0.3) is 12.2 Å². The highest BCUT2D eigenvalue weighted by atomic mass is 35.5. The Morgan fingerprint density at radius 1 is 0.703 bits per heavy atom. The van der Waals surface area contributed by atoms with Crippen molar-refractivity contribution in [1.29, 1.82) is 0 Å². The Morgan fingerprint density at radius 2 is 1.08 bits per heavy atom. The summed E-state index contributed by atoms with van der Waals surface area (Å²) in [6.45, 7) is -0.0163. The molecule has 0 radical (unpaired) electrons. The number of carbonyl (C=O) groups is 2. The third kappa shape index (κ3) is 7.33. The molecule has 10 heteroatoms. The van der Waals surface area contributed by atoms with Gasteiger partial charge in [-0.05, 0) is 47.5 Å². The zero-order chi connectivity index (χ0) is 27.0. The topological polar surface area (TPSA) is 89.5 Å². The minimum absolute atomic E-state index is 0.00813. The van der Waals surface area contributed by atoms with Gasteiger partial charge in [-0.2, -0.15) is 0 Å². The summed E-state index contributed by atoms with van der Waals surface area (Å²) in [5, 5.41) is 0. The molecule has 0 bridgehead atoms. The average molecular weight is 551 g/mol. The smallest absolute Gasteiger partial charge is 0.330 e. The fourth-order valence-corrected chi connectivity index (χ4v) is 4.33. The van der Waals surface area contributed by atoms with Crippen LogP contribution in [0.1, 0.15) is 11.1 Å². The minimum atomic E-state index is -1.15. The van der Waals surface area contributed by atoms with E-state index in [0.717, 1.165) is 11.1 Å². The van der Waals surface area contributed by atoms with Crippen molar-refractivity contribution in [1.82, 2.24) is 0 Å². The maximum absolute atomic E-state index is 12.2. The van der Waals surface area contributed by atoms with Crippen LogP contribution in [-0.2, 0) is 19.1 Å². The lowest BCUT2D eigenvalue weighted by Crippen LogP contribution is -2.08. The molecule has 0 spiro atoms. The largest absolute Gasteiger partial charge is 0.493 e. The van der Waals surface area contributed by atoms with E-state index >= 15 is 0 Å². The van der Waals surface area contributed by atoms with Crippen molar-refractivity contribution in [3.8, 4) is 23.0 Å². The summed E-state index contributed by atoms with van der Waals surface area (Å²) in [6.07, 6.45) is 5.77. The number of rotatable bonds is 12. The van der Waals surface area contributed by atoms with E-state index in [2.05, 4.69) is 0 Å². The molecule has 0 N–H and O–H groups in total. The number of halogens is 2. The van der Waals surface area contributed by atoms with Gasteiger partial charge in [0.25, 0.3) is 0 Å². The van der Waals surface area contributed by atoms with E-state index in [4.69, 9.17) is 51.6 Å². The number of ether oxygens (including phenoxy) is 6. The summed E-state index contributed by atoms with van der Waals surface area (Å²) in [4.78, 5) is 24.3. The molecule has 1 fully saturated rings. The van der Waals surface area contributed by atoms with Gasteiger partial charge in [0.1, 0.15) is 4.33 Å². The van der Waals surface area contributed by atoms with E-state index in [0.29, 0.717) is 23.0 Å². The molecule has 2 aromatic carbocycles. The lowest BCUT2D eigenvalue weighted by Gasteiger charge is -2.07. The second-order valence-corrected chi connectivity index (χ2v) is 9.49. The molecule has 0 aromatic heterocycles. The molecule has 0 aliphatic heterocycles. The zero-order valence-corrected chi connectivity index (χ0v) is 22.4. The van der Waals surface area contributed by atoms with Gasteiger partial charge in [0.05, 0.1) is 41.7 Å². The van der Waals surface area contributed by atoms with Gasteiger partial charge in [0.2, 0.25) is 0 Å². The Hall–Kier alpha value is -3.36. The molecule has 37 heavy (non-hydrogen) atoms. The van der Waals surface area contributed by atoms with E-state index < -0.39 is 16.3 Å². The van der Waals surface area contributed by atoms with Crippen molar-refractivity contribution in [3.63, 3.8) is 0 Å². The van der Waals surface area contributed by atoms with Gasteiger partial charge in [-0.1, -0.05) is 12.1 Å². The zero-order valence-electron chi connectivity index (χ0n) is 20.9. The van der Waals surface area contributed by atoms with E-state index in [1.54, 1.807) is 62.8 Å². The number of benzene rings is 2. The van der Waals surface area contributed by atoms with Crippen LogP contribution in [0.4, 0.5) is 0 Å². The van der Waals surface area contributed by atoms with E-state index in [1.807, 2.05) is 0 Å². The van der Waals surface area contributed by atoms with Crippen molar-refractivity contribution in [2.75, 3.05) is 41.7 Å². The number of hydrogen-bond donors (Lipinski definition) is 0. The van der Waals surface area contributed by atoms with Gasteiger partial charge >= 0.3 is 11.9 Å². The third-order valence-electron chi connectivity index (χ3n) is 5.81. The lowest BCUT2D eigenvalue weighted by molar-refractivity contribution is -0.140. The monoisotopic (exact) mass is 550 g/mol. The summed E-state index contributed by atoms with van der Waals surface area (Å²) >= 11 is 12.6. The SMILES string of the molecule is COc1ccc(C=CC(=O)OCC2C(COC(=O)C=Cc3ccc(OC)c(OC)c3)C2(Cl)Cl)cc1OC. The number of hydrogen-bond acceptors (Lipinski definition) is 8. The molecule has 0 amide bonds. The van der Waals surface area contributed by atoms with Crippen LogP contribution in [0, 0.1) is 11.8 Å². The van der Waals surface area contributed by atoms with Crippen molar-refractivity contribution < 1.29 is 38.0 Å². The second kappa shape index (κ2) is 12.7. The Labute approximate surface area is 225 Å². The molecular formula is C27H28Cl2O8. The highest BCUT2D eigenvalue weighted by Crippen LogP contribution is 2.59. The van der Waals surface area contributed by atoms with Crippen LogP contribution in [0.3, 0.4) is 0 Å². The molecule has 8 nitrogen and oxygen atoms in total. The summed E-state index contributed by atoms with van der Waals surface area (Å²) in [5.74, 6) is 0.411. The van der Waals surface area contributed by atoms with Crippen molar-refractivity contribution in [2.24, 2.45) is 11.8 Å². The number of alkyl halides is 2. The van der Waals surface area contributed by atoms with Crippen molar-refractivity contribution in [2.45, 2.75) is 4.33 Å². The quantitative estimate of drug-likeness (QED) is 0.208. The highest BCUT2D eigenvalue weighted by Gasteiger charge is 2.64. The molecule has 0 heterocycles. The highest BCUT2D eigenvalue weighted by molar-refractivity contribution is 6.51. The fraction of sp³-hybridized carbons (Fsp3) is 0.333. The summed E-state index contributed by atoms with van der Waals surface area (Å²) in [5.41, 5.74) is 1.46. The predicted octanol–water partition coefficient (Wildman–Crippen LogP) is 4.95. The molecule has 1 aliphatic carbocycles. The van der Waals surface area contributed by atoms with Gasteiger partial charge in [-0.25, -0.2) is 9.59 Å². The number of carbonyl (C=O) groups excluding carboxylic acids is 2. The summed E-state index contributed by atoms with van der Waals surface area (Å²) in [6, 6.07) is 10.5. The first kappa shape index (κ1) is 28.2. The average Bonchev–Trinajstić information content (AvgIpc) is 3.45. The molecule has 1 aliphatic rings. The molecule has 198 valence electrons. The molecule has 2 aromatic rings. The predicted molar refractivity (Wildman–Crippen MR) is 140 cm³/mol. The molecule has 2 atom stereocenters. The van der Waals surface area contributed by atoms with Crippen LogP contribution >= 0.6 is 23.2 Å². The lowest BCUT2D eigenvalue weighted by atomic mass is 10.2. The fourth-order valence-electron chi connectivity index (χ4n) is 3.60. The van der Waals surface area contributed by atoms with E-state index in [-0.39, 0.29) is 25.0 Å². The van der Waals surface area contributed by atoms with Gasteiger partial charge in [-0.15, -0.1) is 23.2 Å². The minimum Gasteiger partial charge on any atom is -0.493 e. The van der Waals surface area contributed by atoms with E-state index in [1.165, 1.54) is 26.4 Å². The first-order valence-electron chi connectivity index (χ1n) is 11.2. The van der Waals surface area contributed by atoms with Gasteiger partial charge < -0.3 is 28.4 Å². The first-order valence-corrected chi connectivity index (χ1v) is 12.0. The van der Waals surface area contributed by atoms with Crippen LogP contribution < -0.4 is 18.9 Å². The number of methoxy groups -OCH3 is 4. The van der Waals surface area contributed by atoms with Crippen LogP contribution in [0.15, 0.2) is 48.6 Å². The molecule has 0 saturated heterocycles. The Morgan fingerprint density at radius 3 is 1.43 bits per heavy atom. The Balaban J connectivity index is 1.46. The van der Waals surface area contributed by atoms with Crippen molar-refractivity contribution in [3.05, 3.63) is 59.7 Å². The van der Waals surface area contributed by atoms with Gasteiger partial charge in [0, 0.05) is 24.0 Å². The van der Waals surface area contributed by atoms with Gasteiger partial charge in [0.15, 0.2) is 23.0 Å². The van der Waals surface area contributed by atoms with Crippen molar-refractivity contribution >= 4 is 47.3 Å². The first-order chi connectivity index (χ1) is 17.7. The molecule has 2 unspecified atom stereocenters. The molecular weight excluding hydrogens is 523 g/mol. The Kier molecular flexibility index (Phi) is 9.72. The number of esters is 2. The summed E-state index contributed by atoms with van der Waals surface area (Å²) in [7, 11) is 6.15. The van der Waals surface area contributed by atoms with Gasteiger partial charge in [-0.3, -0.25) is 0 Å². The third-order valence-corrected chi connectivity index (χ3v) is 6.94. The normalized spacial score (nSPS) is 17.9. The second-order valence-electron chi connectivity index (χ2n) is 8.04. The van der Waals surface area contributed by atoms with E-state index in [9.17, 15) is 9.59 Å². The molecule has 1 saturated carbocycles. The maximum atomic E-state index is 12.2. The Bertz CT molecular complexity index is 1090. The van der Waals surface area contributed by atoms with Crippen LogP contribution in [-0.4, -0.2) is 57.9 Å².